The van der Waals surface area contributed by atoms with E-state index in [1.165, 1.54) is 7.11 Å². The Hall–Kier alpha value is -3.82. The fourth-order valence-electron chi connectivity index (χ4n) is 2.43. The third-order valence-corrected chi connectivity index (χ3v) is 3.61. The van der Waals surface area contributed by atoms with Gasteiger partial charge in [-0.25, -0.2) is 9.97 Å². The van der Waals surface area contributed by atoms with Crippen LogP contribution in [-0.4, -0.2) is 40.8 Å². The van der Waals surface area contributed by atoms with Crippen molar-refractivity contribution in [1.29, 1.82) is 5.41 Å². The summed E-state index contributed by atoms with van der Waals surface area (Å²) in [7, 11) is 1.50. The number of benzene rings is 1. The van der Waals surface area contributed by atoms with E-state index in [-0.39, 0.29) is 24.7 Å². The van der Waals surface area contributed by atoms with Crippen LogP contribution in [0.4, 0.5) is 5.95 Å². The Morgan fingerprint density at radius 2 is 2.15 bits per heavy atom. The van der Waals surface area contributed by atoms with Crippen molar-refractivity contribution in [2.24, 2.45) is 10.7 Å². The van der Waals surface area contributed by atoms with Crippen molar-refractivity contribution in [3.05, 3.63) is 36.0 Å². The Kier molecular flexibility index (Phi) is 3.77. The van der Waals surface area contributed by atoms with Crippen LogP contribution in [-0.2, 0) is 4.74 Å². The molecule has 0 atom stereocenters. The zero-order valence-electron chi connectivity index (χ0n) is 13.6. The molecule has 3 aromatic rings. The van der Waals surface area contributed by atoms with Gasteiger partial charge in [-0.05, 0) is 24.3 Å². The van der Waals surface area contributed by atoms with E-state index in [1.807, 2.05) is 0 Å². The maximum atomic E-state index is 8.02. The van der Waals surface area contributed by atoms with Crippen LogP contribution in [0, 0.1) is 5.41 Å². The topological polar surface area (TPSA) is 141 Å². The molecule has 2 aromatic heterocycles. The Bertz CT molecular complexity index is 1030. The van der Waals surface area contributed by atoms with Gasteiger partial charge in [-0.1, -0.05) is 0 Å². The Morgan fingerprint density at radius 1 is 1.31 bits per heavy atom. The first-order chi connectivity index (χ1) is 12.6. The van der Waals surface area contributed by atoms with Crippen molar-refractivity contribution in [2.45, 2.75) is 0 Å². The fraction of sp³-hybridized carbons (Fsp3) is 0.125. The van der Waals surface area contributed by atoms with Crippen molar-refractivity contribution in [1.82, 2.24) is 15.0 Å². The number of pyridine rings is 1. The average Bonchev–Trinajstić information content (AvgIpc) is 3.26. The Balaban J connectivity index is 1.54. The SMILES string of the molecule is COc1nccc2[nH]c(/N=C(\N)OC(=N)c3ccc4c(c3)OCO4)nc12. The summed E-state index contributed by atoms with van der Waals surface area (Å²) in [4.78, 5) is 15.3. The molecule has 4 rings (SSSR count). The molecule has 0 saturated carbocycles. The summed E-state index contributed by atoms with van der Waals surface area (Å²) < 4.78 is 20.9. The maximum absolute atomic E-state index is 8.02. The first kappa shape index (κ1) is 15.7. The second-order valence-corrected chi connectivity index (χ2v) is 5.23. The lowest BCUT2D eigenvalue weighted by molar-refractivity contribution is 0.174. The number of hydrogen-bond donors (Lipinski definition) is 3. The predicted octanol–water partition coefficient (Wildman–Crippen LogP) is 1.68. The molecule has 1 aromatic carbocycles. The Morgan fingerprint density at radius 3 is 3.00 bits per heavy atom. The van der Waals surface area contributed by atoms with Crippen molar-refractivity contribution in [2.75, 3.05) is 13.9 Å². The van der Waals surface area contributed by atoms with Gasteiger partial charge in [0.25, 0.3) is 6.02 Å². The molecule has 26 heavy (non-hydrogen) atoms. The molecule has 0 unspecified atom stereocenters. The summed E-state index contributed by atoms with van der Waals surface area (Å²) in [6.45, 7) is 0.154. The number of imidazole rings is 1. The highest BCUT2D eigenvalue weighted by molar-refractivity contribution is 5.99. The van der Waals surface area contributed by atoms with E-state index in [1.54, 1.807) is 30.5 Å². The normalized spacial score (nSPS) is 13.0. The van der Waals surface area contributed by atoms with Gasteiger partial charge in [0.15, 0.2) is 17.0 Å². The second-order valence-electron chi connectivity index (χ2n) is 5.23. The number of H-pyrrole nitrogens is 1. The highest BCUT2D eigenvalue weighted by Gasteiger charge is 2.16. The number of aliphatic imine (C=N–C) groups is 1. The second kappa shape index (κ2) is 6.24. The lowest BCUT2D eigenvalue weighted by atomic mass is 10.2. The summed E-state index contributed by atoms with van der Waals surface area (Å²) in [6, 6.07) is 6.49. The van der Waals surface area contributed by atoms with Crippen LogP contribution in [0.2, 0.25) is 0 Å². The van der Waals surface area contributed by atoms with Crippen LogP contribution in [0.3, 0.4) is 0 Å². The van der Waals surface area contributed by atoms with E-state index < -0.39 is 0 Å². The van der Waals surface area contributed by atoms with Crippen LogP contribution in [0.15, 0.2) is 35.5 Å². The minimum Gasteiger partial charge on any atom is -0.479 e. The molecular formula is C16H14N6O4. The smallest absolute Gasteiger partial charge is 0.296 e. The fourth-order valence-corrected chi connectivity index (χ4v) is 2.43. The van der Waals surface area contributed by atoms with E-state index in [9.17, 15) is 0 Å². The monoisotopic (exact) mass is 354 g/mol. The molecule has 0 radical (unpaired) electrons. The zero-order valence-corrected chi connectivity index (χ0v) is 13.6. The molecule has 0 spiro atoms. The number of nitrogens with zero attached hydrogens (tertiary/aromatic N) is 3. The van der Waals surface area contributed by atoms with Crippen molar-refractivity contribution in [3.8, 4) is 17.4 Å². The van der Waals surface area contributed by atoms with Gasteiger partial charge in [0.05, 0.1) is 12.6 Å². The first-order valence-corrected chi connectivity index (χ1v) is 7.53. The van der Waals surface area contributed by atoms with Crippen LogP contribution in [0.1, 0.15) is 5.56 Å². The highest BCUT2D eigenvalue weighted by atomic mass is 16.7. The average molecular weight is 354 g/mol. The number of rotatable bonds is 3. The van der Waals surface area contributed by atoms with Crippen LogP contribution in [0.5, 0.6) is 17.4 Å². The molecule has 132 valence electrons. The van der Waals surface area contributed by atoms with E-state index in [2.05, 4.69) is 19.9 Å². The van der Waals surface area contributed by atoms with Crippen molar-refractivity contribution < 1.29 is 18.9 Å². The molecule has 0 aliphatic carbocycles. The van der Waals surface area contributed by atoms with E-state index in [0.29, 0.717) is 34.0 Å². The first-order valence-electron chi connectivity index (χ1n) is 7.53. The van der Waals surface area contributed by atoms with Crippen LogP contribution in [0.25, 0.3) is 11.0 Å². The summed E-state index contributed by atoms with van der Waals surface area (Å²) in [6.07, 6.45) is 1.59. The van der Waals surface area contributed by atoms with Gasteiger partial charge < -0.3 is 29.7 Å². The summed E-state index contributed by atoms with van der Waals surface area (Å²) in [5.74, 6) is 1.56. The summed E-state index contributed by atoms with van der Waals surface area (Å²) in [5.41, 5.74) is 7.46. The minimum absolute atomic E-state index is 0.154. The van der Waals surface area contributed by atoms with E-state index >= 15 is 0 Å². The van der Waals surface area contributed by atoms with Gasteiger partial charge in [0.1, 0.15) is 0 Å². The van der Waals surface area contributed by atoms with Gasteiger partial charge in [0, 0.05) is 11.8 Å². The molecule has 0 bridgehead atoms. The molecular weight excluding hydrogens is 340 g/mol. The largest absolute Gasteiger partial charge is 0.479 e. The van der Waals surface area contributed by atoms with Gasteiger partial charge in [-0.3, -0.25) is 5.41 Å². The lowest BCUT2D eigenvalue weighted by Crippen LogP contribution is -2.20. The maximum Gasteiger partial charge on any atom is 0.296 e. The molecule has 4 N–H and O–H groups in total. The third-order valence-electron chi connectivity index (χ3n) is 3.61. The quantitative estimate of drug-likeness (QED) is 0.480. The predicted molar refractivity (Wildman–Crippen MR) is 92.2 cm³/mol. The van der Waals surface area contributed by atoms with Crippen LogP contribution < -0.4 is 19.9 Å². The number of hydrogen-bond acceptors (Lipinski definition) is 8. The highest BCUT2D eigenvalue weighted by Crippen LogP contribution is 2.32. The summed E-state index contributed by atoms with van der Waals surface area (Å²) in [5, 5.41) is 8.02. The standard InChI is InChI=1S/C16H14N6O4/c1-23-14-12-9(4-5-19-14)20-16(21-12)22-15(18)26-13(17)8-2-3-10-11(6-8)25-7-24-10/h2-6,17H,7H2,1H3,(H3,18,20,21,22). The van der Waals surface area contributed by atoms with Gasteiger partial charge in [-0.15, -0.1) is 0 Å². The molecule has 0 fully saturated rings. The number of ether oxygens (including phenoxy) is 4. The number of nitrogens with one attached hydrogen (secondary N) is 2. The number of aromatic nitrogens is 3. The lowest BCUT2D eigenvalue weighted by Gasteiger charge is -2.06. The van der Waals surface area contributed by atoms with E-state index in [0.717, 1.165) is 0 Å². The summed E-state index contributed by atoms with van der Waals surface area (Å²) >= 11 is 0. The molecule has 0 saturated heterocycles. The molecule has 1 aliphatic rings. The van der Waals surface area contributed by atoms with Gasteiger partial charge in [0.2, 0.25) is 24.5 Å². The number of nitrogens with two attached hydrogens (primary N) is 1. The van der Waals surface area contributed by atoms with Crippen molar-refractivity contribution >= 4 is 28.9 Å². The van der Waals surface area contributed by atoms with Crippen LogP contribution >= 0.6 is 0 Å². The number of aromatic amines is 1. The zero-order chi connectivity index (χ0) is 18.1. The van der Waals surface area contributed by atoms with Gasteiger partial charge in [-0.2, -0.15) is 4.99 Å². The van der Waals surface area contributed by atoms with Gasteiger partial charge >= 0.3 is 0 Å². The molecule has 3 heterocycles. The number of methoxy groups -OCH3 is 1. The molecule has 10 heteroatoms. The number of fused-ring (bicyclic) bond motifs is 2. The number of amidine groups is 1. The molecule has 1 aliphatic heterocycles. The molecule has 0 amide bonds. The molecule has 10 nitrogen and oxygen atoms in total. The Labute approximate surface area is 147 Å². The van der Waals surface area contributed by atoms with Crippen molar-refractivity contribution in [3.63, 3.8) is 0 Å². The third kappa shape index (κ3) is 2.83. The minimum atomic E-state index is -0.237. The van der Waals surface area contributed by atoms with E-state index in [4.69, 9.17) is 30.1 Å².